The molecule has 0 spiro atoms. The Morgan fingerprint density at radius 2 is 1.87 bits per heavy atom. The molecule has 1 amide bonds. The number of para-hydroxylation sites is 1. The predicted molar refractivity (Wildman–Crippen MR) is 59.8 cm³/mol. The third-order valence-corrected chi connectivity index (χ3v) is 1.83. The van der Waals surface area contributed by atoms with Crippen LogP contribution in [0.2, 0.25) is 0 Å². The van der Waals surface area contributed by atoms with E-state index in [-0.39, 0.29) is 0 Å². The summed E-state index contributed by atoms with van der Waals surface area (Å²) in [4.78, 5) is 10.2. The lowest BCUT2D eigenvalue weighted by molar-refractivity contribution is 0.195. The van der Waals surface area contributed by atoms with Crippen molar-refractivity contribution in [1.29, 1.82) is 0 Å². The van der Waals surface area contributed by atoms with Gasteiger partial charge in [0.1, 0.15) is 0 Å². The quantitative estimate of drug-likeness (QED) is 0.367. The molecule has 6 heteroatoms. The SMILES string of the molecule is Nc1cccc(N)c1NCCNC(=O)O. The fourth-order valence-electron chi connectivity index (χ4n) is 1.15. The van der Waals surface area contributed by atoms with E-state index in [9.17, 15) is 4.79 Å². The number of anilines is 3. The Kier molecular flexibility index (Phi) is 3.61. The zero-order valence-electron chi connectivity index (χ0n) is 8.16. The summed E-state index contributed by atoms with van der Waals surface area (Å²) in [5.41, 5.74) is 13.1. The van der Waals surface area contributed by atoms with Crippen LogP contribution in [0.4, 0.5) is 21.9 Å². The lowest BCUT2D eigenvalue weighted by Gasteiger charge is -2.11. The summed E-state index contributed by atoms with van der Waals surface area (Å²) >= 11 is 0. The highest BCUT2D eigenvalue weighted by atomic mass is 16.4. The molecule has 0 saturated carbocycles. The van der Waals surface area contributed by atoms with E-state index in [0.717, 1.165) is 0 Å². The Morgan fingerprint density at radius 1 is 1.27 bits per heavy atom. The Labute approximate surface area is 87.3 Å². The van der Waals surface area contributed by atoms with Crippen LogP contribution in [0.5, 0.6) is 0 Å². The summed E-state index contributed by atoms with van der Waals surface area (Å²) in [6.45, 7) is 0.730. The fourth-order valence-corrected chi connectivity index (χ4v) is 1.15. The third kappa shape index (κ3) is 3.26. The Morgan fingerprint density at radius 3 is 2.40 bits per heavy atom. The zero-order chi connectivity index (χ0) is 11.3. The van der Waals surface area contributed by atoms with Crippen molar-refractivity contribution < 1.29 is 9.90 Å². The van der Waals surface area contributed by atoms with Crippen LogP contribution in [-0.2, 0) is 0 Å². The molecular formula is C9H14N4O2. The van der Waals surface area contributed by atoms with Gasteiger partial charge in [0.25, 0.3) is 0 Å². The lowest BCUT2D eigenvalue weighted by Crippen LogP contribution is -2.27. The van der Waals surface area contributed by atoms with Gasteiger partial charge in [-0.25, -0.2) is 4.79 Å². The van der Waals surface area contributed by atoms with Crippen LogP contribution in [0, 0.1) is 0 Å². The molecule has 0 aliphatic rings. The summed E-state index contributed by atoms with van der Waals surface area (Å²) in [6, 6.07) is 5.21. The van der Waals surface area contributed by atoms with Crippen LogP contribution >= 0.6 is 0 Å². The molecule has 0 aliphatic heterocycles. The van der Waals surface area contributed by atoms with E-state index in [1.807, 2.05) is 0 Å². The average molecular weight is 210 g/mol. The fraction of sp³-hybridized carbons (Fsp3) is 0.222. The number of amides is 1. The molecule has 0 fully saturated rings. The number of hydrogen-bond donors (Lipinski definition) is 5. The Bertz CT molecular complexity index is 334. The topological polar surface area (TPSA) is 113 Å². The second-order valence-electron chi connectivity index (χ2n) is 2.97. The minimum absolute atomic E-state index is 0.295. The maximum Gasteiger partial charge on any atom is 0.404 e. The number of nitrogens with one attached hydrogen (secondary N) is 2. The predicted octanol–water partition coefficient (Wildman–Crippen LogP) is 0.530. The molecule has 1 rings (SSSR count). The molecule has 0 bridgehead atoms. The lowest BCUT2D eigenvalue weighted by atomic mass is 10.2. The van der Waals surface area contributed by atoms with E-state index < -0.39 is 6.09 Å². The molecule has 0 atom stereocenters. The molecule has 0 aliphatic carbocycles. The highest BCUT2D eigenvalue weighted by molar-refractivity contribution is 5.79. The summed E-state index contributed by atoms with van der Waals surface area (Å²) in [7, 11) is 0. The van der Waals surface area contributed by atoms with Crippen molar-refractivity contribution in [3.8, 4) is 0 Å². The summed E-state index contributed by atoms with van der Waals surface area (Å²) in [5.74, 6) is 0. The third-order valence-electron chi connectivity index (χ3n) is 1.83. The second kappa shape index (κ2) is 4.94. The van der Waals surface area contributed by atoms with Crippen molar-refractivity contribution in [2.75, 3.05) is 29.9 Å². The largest absolute Gasteiger partial charge is 0.465 e. The van der Waals surface area contributed by atoms with Crippen LogP contribution in [-0.4, -0.2) is 24.3 Å². The van der Waals surface area contributed by atoms with Gasteiger partial charge < -0.3 is 27.2 Å². The second-order valence-corrected chi connectivity index (χ2v) is 2.97. The monoisotopic (exact) mass is 210 g/mol. The minimum atomic E-state index is -1.05. The minimum Gasteiger partial charge on any atom is -0.465 e. The molecule has 0 saturated heterocycles. The molecule has 0 aromatic heterocycles. The van der Waals surface area contributed by atoms with E-state index >= 15 is 0 Å². The average Bonchev–Trinajstić information content (AvgIpc) is 2.15. The van der Waals surface area contributed by atoms with E-state index in [4.69, 9.17) is 16.6 Å². The summed E-state index contributed by atoms with van der Waals surface area (Å²) in [5, 5.41) is 13.5. The molecule has 7 N–H and O–H groups in total. The van der Waals surface area contributed by atoms with Crippen LogP contribution in [0.1, 0.15) is 0 Å². The first-order valence-corrected chi connectivity index (χ1v) is 4.46. The van der Waals surface area contributed by atoms with E-state index in [2.05, 4.69) is 10.6 Å². The van der Waals surface area contributed by atoms with Gasteiger partial charge in [0.15, 0.2) is 0 Å². The first kappa shape index (κ1) is 11.0. The maximum absolute atomic E-state index is 10.2. The van der Waals surface area contributed by atoms with E-state index in [1.54, 1.807) is 18.2 Å². The molecule has 1 aromatic carbocycles. The van der Waals surface area contributed by atoms with Gasteiger partial charge in [-0.3, -0.25) is 0 Å². The van der Waals surface area contributed by atoms with Crippen molar-refractivity contribution in [1.82, 2.24) is 5.32 Å². The van der Waals surface area contributed by atoms with Gasteiger partial charge in [0.2, 0.25) is 0 Å². The Balaban J connectivity index is 2.47. The first-order chi connectivity index (χ1) is 7.11. The highest BCUT2D eigenvalue weighted by Gasteiger charge is 2.02. The van der Waals surface area contributed by atoms with Crippen LogP contribution < -0.4 is 22.1 Å². The van der Waals surface area contributed by atoms with Crippen LogP contribution in [0.15, 0.2) is 18.2 Å². The number of nitrogen functional groups attached to an aromatic ring is 2. The molecule has 6 nitrogen and oxygen atoms in total. The summed E-state index contributed by atoms with van der Waals surface area (Å²) < 4.78 is 0. The molecule has 82 valence electrons. The smallest absolute Gasteiger partial charge is 0.404 e. The zero-order valence-corrected chi connectivity index (χ0v) is 8.16. The van der Waals surface area contributed by atoms with Gasteiger partial charge in [0, 0.05) is 13.1 Å². The van der Waals surface area contributed by atoms with Gasteiger partial charge in [-0.05, 0) is 12.1 Å². The van der Waals surface area contributed by atoms with E-state index in [1.165, 1.54) is 0 Å². The van der Waals surface area contributed by atoms with Crippen LogP contribution in [0.3, 0.4) is 0 Å². The molecule has 0 radical (unpaired) electrons. The van der Waals surface area contributed by atoms with Crippen molar-refractivity contribution in [2.24, 2.45) is 0 Å². The van der Waals surface area contributed by atoms with E-state index in [0.29, 0.717) is 30.2 Å². The van der Waals surface area contributed by atoms with Crippen molar-refractivity contribution >= 4 is 23.2 Å². The van der Waals surface area contributed by atoms with Crippen molar-refractivity contribution in [3.05, 3.63) is 18.2 Å². The molecule has 0 heterocycles. The molecule has 15 heavy (non-hydrogen) atoms. The van der Waals surface area contributed by atoms with Gasteiger partial charge in [-0.2, -0.15) is 0 Å². The van der Waals surface area contributed by atoms with Crippen LogP contribution in [0.25, 0.3) is 0 Å². The molecular weight excluding hydrogens is 196 g/mol. The number of nitrogens with two attached hydrogens (primary N) is 2. The van der Waals surface area contributed by atoms with Gasteiger partial charge in [0.05, 0.1) is 17.1 Å². The number of carbonyl (C=O) groups is 1. The Hall–Kier alpha value is -2.11. The molecule has 1 aromatic rings. The maximum atomic E-state index is 10.2. The van der Waals surface area contributed by atoms with Crippen molar-refractivity contribution in [3.63, 3.8) is 0 Å². The van der Waals surface area contributed by atoms with Gasteiger partial charge in [-0.15, -0.1) is 0 Å². The first-order valence-electron chi connectivity index (χ1n) is 4.46. The number of hydrogen-bond acceptors (Lipinski definition) is 4. The molecule has 0 unspecified atom stereocenters. The van der Waals surface area contributed by atoms with Gasteiger partial charge in [-0.1, -0.05) is 6.07 Å². The summed E-state index contributed by atoms with van der Waals surface area (Å²) in [6.07, 6.45) is -1.05. The number of carboxylic acid groups (broad SMARTS) is 1. The number of benzene rings is 1. The normalized spacial score (nSPS) is 9.60. The standard InChI is InChI=1S/C9H14N4O2/c10-6-2-1-3-7(11)8(6)12-4-5-13-9(14)15/h1-3,12-13H,4-5,10-11H2,(H,14,15). The number of rotatable bonds is 4. The van der Waals surface area contributed by atoms with Crippen molar-refractivity contribution in [2.45, 2.75) is 0 Å². The van der Waals surface area contributed by atoms with Gasteiger partial charge >= 0.3 is 6.09 Å². The highest BCUT2D eigenvalue weighted by Crippen LogP contribution is 2.24.